The van der Waals surface area contributed by atoms with Crippen LogP contribution in [-0.2, 0) is 54.4 Å². The number of hydrogen-bond donors (Lipinski definition) is 4. The average Bonchev–Trinajstić information content (AvgIpc) is 4.09. The number of fused-ring (bicyclic) bond motifs is 2. The van der Waals surface area contributed by atoms with E-state index in [1.807, 2.05) is 20.9 Å². The van der Waals surface area contributed by atoms with Crippen molar-refractivity contribution in [2.24, 2.45) is 17.8 Å². The molecule has 2 saturated heterocycles. The topological polar surface area (TPSA) is 216 Å². The number of nitrogens with zero attached hydrogens (tertiary/aromatic N) is 4. The predicted molar refractivity (Wildman–Crippen MR) is 257 cm³/mol. The summed E-state index contributed by atoms with van der Waals surface area (Å²) in [5, 5.41) is 11.4. The van der Waals surface area contributed by atoms with Gasteiger partial charge in [-0.2, -0.15) is 0 Å². The summed E-state index contributed by atoms with van der Waals surface area (Å²) >= 11 is 0. The quantitative estimate of drug-likeness (QED) is 0.0570. The van der Waals surface area contributed by atoms with Crippen LogP contribution in [0.1, 0.15) is 111 Å². The highest BCUT2D eigenvalue weighted by Gasteiger charge is 2.47. The summed E-state index contributed by atoms with van der Waals surface area (Å²) in [4.78, 5) is 110. The number of piperidine rings is 1. The second kappa shape index (κ2) is 27.1. The Labute approximate surface area is 403 Å². The van der Waals surface area contributed by atoms with Crippen LogP contribution in [-0.4, -0.2) is 158 Å². The number of hydrogen-bond acceptors (Lipinski definition) is 11. The van der Waals surface area contributed by atoms with E-state index in [1.165, 1.54) is 20.3 Å². The minimum atomic E-state index is -0.898. The summed E-state index contributed by atoms with van der Waals surface area (Å²) in [5.41, 5.74) is 1.34. The fourth-order valence-corrected chi connectivity index (χ4v) is 10.2. The Morgan fingerprint density at radius 1 is 0.926 bits per heavy atom. The largest absolute Gasteiger partial charge is 0.379 e. The van der Waals surface area contributed by atoms with Gasteiger partial charge < -0.3 is 40.5 Å². The molecule has 2 heterocycles. The standard InChI is InChI=1S/C50H78N8O10/c1-10-16-42(61)57(31-59)25-14-12-13-18-41(60)51-29-35-19-22-37(23-20-35)54-49(65)34(5)53-48(64)33(4)47(68-9)39-17-15-26-58(39)43(62)28-40(67-8)45(32(3)11-2)56(7)44(63)30-52-50(66)46-36-21-24-38(27-36)55(46)6/h10,16,19-20,22-23,31-34,36,38-40,45-47H,11-15,17-18,21,24-30H2,1-9H3,(H,51,60)(H,52,66)(H,53,64)(H,54,65)/b16-10-/t32?,33?,34-,36?,38?,39?,40?,45?,46?,47?/m0/s1. The zero-order chi connectivity index (χ0) is 50.1. The van der Waals surface area contributed by atoms with Gasteiger partial charge in [-0.15, -0.1) is 0 Å². The lowest BCUT2D eigenvalue weighted by Gasteiger charge is -2.39. The number of rotatable bonds is 27. The van der Waals surface area contributed by atoms with Crippen LogP contribution in [0.25, 0.3) is 0 Å². The van der Waals surface area contributed by atoms with Crippen LogP contribution in [0.2, 0.25) is 0 Å². The predicted octanol–water partition coefficient (Wildman–Crippen LogP) is 3.39. The molecule has 1 aromatic rings. The Hall–Kier alpha value is -5.20. The number of unbranched alkanes of at least 4 members (excludes halogenated alkanes) is 2. The molecule has 1 aromatic carbocycles. The number of amides is 8. The number of carbonyl (C=O) groups is 8. The summed E-state index contributed by atoms with van der Waals surface area (Å²) < 4.78 is 11.9. The molecule has 9 unspecified atom stereocenters. The lowest BCUT2D eigenvalue weighted by molar-refractivity contribution is -0.146. The van der Waals surface area contributed by atoms with Crippen molar-refractivity contribution in [2.75, 3.05) is 53.3 Å². The fourth-order valence-electron chi connectivity index (χ4n) is 10.2. The van der Waals surface area contributed by atoms with E-state index in [-0.39, 0.29) is 54.5 Å². The van der Waals surface area contributed by atoms with Crippen molar-refractivity contribution in [3.8, 4) is 0 Å². The smallest absolute Gasteiger partial charge is 0.252 e. The average molecular weight is 951 g/mol. The molecule has 18 nitrogen and oxygen atoms in total. The van der Waals surface area contributed by atoms with Gasteiger partial charge in [0.05, 0.1) is 49.2 Å². The molecule has 378 valence electrons. The van der Waals surface area contributed by atoms with E-state index in [0.29, 0.717) is 82.2 Å². The molecule has 3 fully saturated rings. The molecule has 2 aliphatic heterocycles. The lowest BCUT2D eigenvalue weighted by atomic mass is 9.90. The Kier molecular flexibility index (Phi) is 22.1. The van der Waals surface area contributed by atoms with E-state index < -0.39 is 48.1 Å². The Morgan fingerprint density at radius 2 is 1.65 bits per heavy atom. The first-order valence-electron chi connectivity index (χ1n) is 24.5. The third-order valence-electron chi connectivity index (χ3n) is 14.4. The van der Waals surface area contributed by atoms with Crippen LogP contribution in [0.5, 0.6) is 0 Å². The molecule has 3 aliphatic rings. The molecular formula is C50H78N8O10. The van der Waals surface area contributed by atoms with Crippen molar-refractivity contribution in [1.82, 2.24) is 35.6 Å². The number of ether oxygens (including phenoxy) is 2. The van der Waals surface area contributed by atoms with Crippen LogP contribution in [0.3, 0.4) is 0 Å². The SMILES string of the molecule is C/C=C\C(=O)N(C=O)CCCCCC(=O)NCc1ccc(NC(=O)[C@H](C)NC(=O)C(C)C(OC)C2CCCN2C(=O)CC(OC)C(C(C)CC)N(C)C(=O)CNC(=O)C2C3CCC(C3)N2C)cc1. The second-order valence-corrected chi connectivity index (χ2v) is 18.8. The van der Waals surface area contributed by atoms with Gasteiger partial charge in [0.2, 0.25) is 41.9 Å². The molecule has 2 bridgehead atoms. The zero-order valence-electron chi connectivity index (χ0n) is 41.8. The van der Waals surface area contributed by atoms with Crippen LogP contribution in [0.4, 0.5) is 5.69 Å². The van der Waals surface area contributed by atoms with Crippen molar-refractivity contribution >= 4 is 53.4 Å². The highest BCUT2D eigenvalue weighted by Crippen LogP contribution is 2.41. The van der Waals surface area contributed by atoms with Crippen molar-refractivity contribution in [3.63, 3.8) is 0 Å². The number of allylic oxidation sites excluding steroid dienone is 1. The lowest BCUT2D eigenvalue weighted by Crippen LogP contribution is -2.55. The van der Waals surface area contributed by atoms with E-state index in [0.717, 1.165) is 36.1 Å². The molecule has 68 heavy (non-hydrogen) atoms. The van der Waals surface area contributed by atoms with E-state index >= 15 is 0 Å². The Morgan fingerprint density at radius 3 is 2.26 bits per heavy atom. The molecule has 0 aromatic heterocycles. The van der Waals surface area contributed by atoms with Crippen LogP contribution in [0.15, 0.2) is 36.4 Å². The first-order valence-corrected chi connectivity index (χ1v) is 24.5. The third-order valence-corrected chi connectivity index (χ3v) is 14.4. The second-order valence-electron chi connectivity index (χ2n) is 18.8. The Balaban J connectivity index is 1.24. The van der Waals surface area contributed by atoms with Gasteiger partial charge in [-0.1, -0.05) is 51.8 Å². The van der Waals surface area contributed by atoms with Crippen LogP contribution in [0, 0.1) is 17.8 Å². The summed E-state index contributed by atoms with van der Waals surface area (Å²) in [7, 11) is 6.73. The number of likely N-dealkylation sites (tertiary alicyclic amines) is 2. The maximum Gasteiger partial charge on any atom is 0.252 e. The molecule has 10 atom stereocenters. The van der Waals surface area contributed by atoms with Gasteiger partial charge in [0.25, 0.3) is 5.91 Å². The maximum absolute atomic E-state index is 14.2. The van der Waals surface area contributed by atoms with Crippen LogP contribution < -0.4 is 21.3 Å². The molecule has 8 amide bonds. The number of anilines is 1. The van der Waals surface area contributed by atoms with Gasteiger partial charge in [-0.25, -0.2) is 0 Å². The Bertz CT molecular complexity index is 1910. The third kappa shape index (κ3) is 14.9. The summed E-state index contributed by atoms with van der Waals surface area (Å²) in [5.74, 6) is -2.31. The molecule has 4 N–H and O–H groups in total. The van der Waals surface area contributed by atoms with E-state index in [4.69, 9.17) is 9.47 Å². The fraction of sp³-hybridized carbons (Fsp3) is 0.680. The van der Waals surface area contributed by atoms with Gasteiger partial charge in [0.15, 0.2) is 0 Å². The van der Waals surface area contributed by atoms with E-state index in [9.17, 15) is 38.4 Å². The first kappa shape index (κ1) is 55.4. The zero-order valence-corrected chi connectivity index (χ0v) is 41.8. The number of nitrogens with one attached hydrogen (secondary N) is 4. The molecule has 0 radical (unpaired) electrons. The molecule has 1 saturated carbocycles. The molecule has 0 spiro atoms. The minimum Gasteiger partial charge on any atom is -0.379 e. The number of likely N-dealkylation sites (N-methyl/N-ethyl adjacent to an activating group) is 2. The van der Waals surface area contributed by atoms with Crippen molar-refractivity contribution in [1.29, 1.82) is 0 Å². The highest BCUT2D eigenvalue weighted by molar-refractivity contribution is 5.97. The number of benzene rings is 1. The van der Waals surface area contributed by atoms with Crippen molar-refractivity contribution < 1.29 is 47.8 Å². The molecule has 1 aliphatic carbocycles. The molecule has 4 rings (SSSR count). The first-order chi connectivity index (χ1) is 32.5. The van der Waals surface area contributed by atoms with Crippen LogP contribution >= 0.6 is 0 Å². The van der Waals surface area contributed by atoms with E-state index in [1.54, 1.807) is 68.0 Å². The van der Waals surface area contributed by atoms with Crippen molar-refractivity contribution in [3.05, 3.63) is 42.0 Å². The van der Waals surface area contributed by atoms with Crippen molar-refractivity contribution in [2.45, 2.75) is 154 Å². The van der Waals surface area contributed by atoms with Gasteiger partial charge in [-0.3, -0.25) is 48.2 Å². The van der Waals surface area contributed by atoms with Gasteiger partial charge in [-0.05, 0) is 101 Å². The summed E-state index contributed by atoms with van der Waals surface area (Å²) in [6.45, 7) is 9.97. The molecule has 18 heteroatoms. The van der Waals surface area contributed by atoms with E-state index in [2.05, 4.69) is 26.2 Å². The van der Waals surface area contributed by atoms with Gasteiger partial charge >= 0.3 is 0 Å². The monoisotopic (exact) mass is 951 g/mol. The number of carbonyl (C=O) groups excluding carboxylic acids is 8. The minimum absolute atomic E-state index is 0.000671. The maximum atomic E-state index is 14.2. The summed E-state index contributed by atoms with van der Waals surface area (Å²) in [6, 6.07) is 5.44. The number of imide groups is 1. The van der Waals surface area contributed by atoms with Gasteiger partial charge in [0, 0.05) is 59.1 Å². The van der Waals surface area contributed by atoms with Gasteiger partial charge in [0.1, 0.15) is 6.04 Å². The normalized spacial score (nSPS) is 21.6. The summed E-state index contributed by atoms with van der Waals surface area (Å²) in [6.07, 6.45) is 9.52. The molecular weight excluding hydrogens is 873 g/mol. The highest BCUT2D eigenvalue weighted by atomic mass is 16.5. The number of methoxy groups -OCH3 is 2.